The van der Waals surface area contributed by atoms with E-state index >= 15 is 0 Å². The summed E-state index contributed by atoms with van der Waals surface area (Å²) < 4.78 is 10.5. The summed E-state index contributed by atoms with van der Waals surface area (Å²) in [5.41, 5.74) is 12.0. The van der Waals surface area contributed by atoms with Crippen molar-refractivity contribution in [1.29, 1.82) is 0 Å². The molecule has 2 aromatic heterocycles. The van der Waals surface area contributed by atoms with Crippen LogP contribution in [0.4, 0.5) is 11.4 Å². The van der Waals surface area contributed by atoms with E-state index < -0.39 is 7.12 Å². The first-order valence-electron chi connectivity index (χ1n) is 5.99. The van der Waals surface area contributed by atoms with Crippen molar-refractivity contribution in [2.75, 3.05) is 25.7 Å². The molecule has 0 amide bonds. The largest absolute Gasteiger partial charge is 0.490 e. The Labute approximate surface area is 136 Å². The summed E-state index contributed by atoms with van der Waals surface area (Å²) in [7, 11) is 1.42. The molecule has 6 N–H and O–H groups in total. The van der Waals surface area contributed by atoms with Crippen LogP contribution in [0.3, 0.4) is 0 Å². The van der Waals surface area contributed by atoms with Crippen LogP contribution < -0.4 is 26.4 Å². The molecule has 0 bridgehead atoms. The van der Waals surface area contributed by atoms with E-state index in [-0.39, 0.29) is 17.0 Å². The Morgan fingerprint density at radius 3 is 1.91 bits per heavy atom. The molecular formula is C12H16BBrN4O4. The molecule has 0 aliphatic carbocycles. The highest BCUT2D eigenvalue weighted by molar-refractivity contribution is 9.10. The smallest absolute Gasteiger partial charge is 0.480 e. The molecule has 10 heteroatoms. The second-order valence-electron chi connectivity index (χ2n) is 3.99. The molecular weight excluding hydrogens is 355 g/mol. The number of ether oxygens (including phenoxy) is 2. The molecule has 0 radical (unpaired) electrons. The Morgan fingerprint density at radius 2 is 1.50 bits per heavy atom. The van der Waals surface area contributed by atoms with Gasteiger partial charge in [0.1, 0.15) is 0 Å². The molecule has 22 heavy (non-hydrogen) atoms. The van der Waals surface area contributed by atoms with Gasteiger partial charge >= 0.3 is 7.12 Å². The maximum atomic E-state index is 8.73. The molecule has 8 nitrogen and oxygen atoms in total. The SMILES string of the molecule is COc1ncc(B(O)O)cc1N.COc1ncc(Br)cc1N. The number of nitrogens with zero attached hydrogens (tertiary/aromatic N) is 2. The predicted octanol–water partition coefficient (Wildman–Crippen LogP) is -0.213. The zero-order valence-corrected chi connectivity index (χ0v) is 13.6. The Bertz CT molecular complexity index is 630. The lowest BCUT2D eigenvalue weighted by Gasteiger charge is -2.04. The number of aromatic nitrogens is 2. The van der Waals surface area contributed by atoms with Gasteiger partial charge in [0.2, 0.25) is 11.8 Å². The van der Waals surface area contributed by atoms with Crippen molar-refractivity contribution >= 4 is 39.9 Å². The molecule has 0 saturated heterocycles. The van der Waals surface area contributed by atoms with Gasteiger partial charge in [0.15, 0.2) is 0 Å². The Kier molecular flexibility index (Phi) is 6.89. The molecule has 2 rings (SSSR count). The number of hydrogen-bond acceptors (Lipinski definition) is 8. The summed E-state index contributed by atoms with van der Waals surface area (Å²) in [5.74, 6) is 0.739. The van der Waals surface area contributed by atoms with Gasteiger partial charge in [-0.05, 0) is 28.1 Å². The van der Waals surface area contributed by atoms with Crippen LogP contribution in [0.2, 0.25) is 0 Å². The number of halogens is 1. The first kappa shape index (κ1) is 18.0. The number of nitrogens with two attached hydrogens (primary N) is 2. The van der Waals surface area contributed by atoms with Gasteiger partial charge in [-0.2, -0.15) is 0 Å². The minimum atomic E-state index is -1.55. The molecule has 2 aromatic rings. The predicted molar refractivity (Wildman–Crippen MR) is 87.9 cm³/mol. The van der Waals surface area contributed by atoms with Crippen LogP contribution in [0.15, 0.2) is 29.0 Å². The Morgan fingerprint density at radius 1 is 1.00 bits per heavy atom. The van der Waals surface area contributed by atoms with E-state index in [1.807, 2.05) is 0 Å². The van der Waals surface area contributed by atoms with Gasteiger partial charge in [0, 0.05) is 22.3 Å². The van der Waals surface area contributed by atoms with Gasteiger partial charge in [0.05, 0.1) is 25.6 Å². The Hall–Kier alpha value is -2.04. The Balaban J connectivity index is 0.000000224. The van der Waals surface area contributed by atoms with Crippen molar-refractivity contribution in [2.45, 2.75) is 0 Å². The number of rotatable bonds is 3. The first-order chi connectivity index (χ1) is 10.4. The fourth-order valence-corrected chi connectivity index (χ4v) is 1.76. The van der Waals surface area contributed by atoms with Gasteiger partial charge in [0.25, 0.3) is 0 Å². The summed E-state index contributed by atoms with van der Waals surface area (Å²) in [6, 6.07) is 3.14. The van der Waals surface area contributed by atoms with Crippen LogP contribution in [0.5, 0.6) is 11.8 Å². The minimum absolute atomic E-state index is 0.244. The summed E-state index contributed by atoms with van der Waals surface area (Å²) in [4.78, 5) is 7.65. The molecule has 0 saturated carbocycles. The van der Waals surface area contributed by atoms with Crippen LogP contribution in [-0.2, 0) is 0 Å². The van der Waals surface area contributed by atoms with Crippen LogP contribution in [0.1, 0.15) is 0 Å². The normalized spacial score (nSPS) is 9.50. The summed E-state index contributed by atoms with van der Waals surface area (Å²) >= 11 is 3.23. The maximum Gasteiger partial charge on any atom is 0.490 e. The summed E-state index contributed by atoms with van der Waals surface area (Å²) in [6.45, 7) is 0. The quantitative estimate of drug-likeness (QED) is 0.544. The highest BCUT2D eigenvalue weighted by Crippen LogP contribution is 2.20. The number of anilines is 2. The van der Waals surface area contributed by atoms with Crippen LogP contribution >= 0.6 is 15.9 Å². The molecule has 0 aliphatic heterocycles. The minimum Gasteiger partial charge on any atom is -0.480 e. The van der Waals surface area contributed by atoms with E-state index in [2.05, 4.69) is 25.9 Å². The van der Waals surface area contributed by atoms with Gasteiger partial charge in [-0.25, -0.2) is 9.97 Å². The van der Waals surface area contributed by atoms with Crippen molar-refractivity contribution in [2.24, 2.45) is 0 Å². The summed E-state index contributed by atoms with van der Waals surface area (Å²) in [6.07, 6.45) is 2.93. The van der Waals surface area contributed by atoms with Crippen molar-refractivity contribution in [3.63, 3.8) is 0 Å². The second-order valence-corrected chi connectivity index (χ2v) is 4.91. The highest BCUT2D eigenvalue weighted by atomic mass is 79.9. The zero-order chi connectivity index (χ0) is 16.7. The van der Waals surface area contributed by atoms with E-state index in [1.54, 1.807) is 12.3 Å². The topological polar surface area (TPSA) is 137 Å². The fraction of sp³-hybridized carbons (Fsp3) is 0.167. The van der Waals surface area contributed by atoms with Crippen molar-refractivity contribution < 1.29 is 19.5 Å². The van der Waals surface area contributed by atoms with E-state index in [9.17, 15) is 0 Å². The zero-order valence-electron chi connectivity index (χ0n) is 12.0. The molecule has 0 aromatic carbocycles. The molecule has 2 heterocycles. The van der Waals surface area contributed by atoms with Gasteiger partial charge < -0.3 is 31.0 Å². The average Bonchev–Trinajstić information content (AvgIpc) is 2.48. The highest BCUT2D eigenvalue weighted by Gasteiger charge is 2.13. The molecule has 0 fully saturated rings. The van der Waals surface area contributed by atoms with Crippen LogP contribution in [0.25, 0.3) is 0 Å². The van der Waals surface area contributed by atoms with Gasteiger partial charge in [-0.3, -0.25) is 0 Å². The van der Waals surface area contributed by atoms with Gasteiger partial charge in [-0.15, -0.1) is 0 Å². The molecule has 0 atom stereocenters. The third kappa shape index (κ3) is 5.06. The first-order valence-corrected chi connectivity index (χ1v) is 6.78. The van der Waals surface area contributed by atoms with Crippen LogP contribution in [0, 0.1) is 0 Å². The lowest BCUT2D eigenvalue weighted by Crippen LogP contribution is -2.30. The molecule has 118 valence electrons. The van der Waals surface area contributed by atoms with Crippen molar-refractivity contribution in [3.8, 4) is 11.8 Å². The van der Waals surface area contributed by atoms with E-state index in [1.165, 1.54) is 26.5 Å². The lowest BCUT2D eigenvalue weighted by molar-refractivity contribution is 0.399. The van der Waals surface area contributed by atoms with E-state index in [0.717, 1.165) is 4.47 Å². The number of nitrogen functional groups attached to an aromatic ring is 2. The third-order valence-electron chi connectivity index (χ3n) is 2.43. The standard InChI is InChI=1S/C6H9BN2O3.C6H7BrN2O/c1-12-6-5(8)2-4(3-9-6)7(10)11;1-10-6-5(8)2-4(7)3-9-6/h2-3,10-11H,8H2,1H3;2-3H,8H2,1H3. The van der Waals surface area contributed by atoms with E-state index in [0.29, 0.717) is 11.6 Å². The van der Waals surface area contributed by atoms with Crippen molar-refractivity contribution in [3.05, 3.63) is 29.0 Å². The maximum absolute atomic E-state index is 8.73. The van der Waals surface area contributed by atoms with Gasteiger partial charge in [-0.1, -0.05) is 0 Å². The second kappa shape index (κ2) is 8.42. The molecule has 0 spiro atoms. The number of pyridine rings is 2. The lowest BCUT2D eigenvalue weighted by atomic mass is 9.81. The third-order valence-corrected chi connectivity index (χ3v) is 2.86. The fourth-order valence-electron chi connectivity index (χ4n) is 1.41. The van der Waals surface area contributed by atoms with Crippen LogP contribution in [-0.4, -0.2) is 41.4 Å². The number of hydrogen-bond donors (Lipinski definition) is 4. The van der Waals surface area contributed by atoms with Crippen molar-refractivity contribution in [1.82, 2.24) is 9.97 Å². The number of methoxy groups -OCH3 is 2. The monoisotopic (exact) mass is 370 g/mol. The average molecular weight is 371 g/mol. The van der Waals surface area contributed by atoms with E-state index in [4.69, 9.17) is 31.0 Å². The molecule has 0 unspecified atom stereocenters. The molecule has 0 aliphatic rings. The summed E-state index contributed by atoms with van der Waals surface area (Å²) in [5, 5.41) is 17.5.